The van der Waals surface area contributed by atoms with Crippen LogP contribution in [0.3, 0.4) is 0 Å². The predicted molar refractivity (Wildman–Crippen MR) is 217 cm³/mol. The maximum absolute atomic E-state index is 6.65. The normalized spacial score (nSPS) is 11.7. The number of pyridine rings is 1. The summed E-state index contributed by atoms with van der Waals surface area (Å²) in [5.74, 6) is 2.31. The third-order valence-electron chi connectivity index (χ3n) is 10.3. The van der Waals surface area contributed by atoms with Gasteiger partial charge in [0.1, 0.15) is 17.3 Å². The Kier molecular flexibility index (Phi) is 6.75. The molecule has 0 radical (unpaired) electrons. The Morgan fingerprint density at radius 3 is 1.80 bits per heavy atom. The topological polar surface area (TPSA) is 40.8 Å². The number of hydrogen-bond donors (Lipinski definition) is 0. The van der Waals surface area contributed by atoms with Crippen LogP contribution in [0.5, 0.6) is 11.5 Å². The zero-order chi connectivity index (χ0) is 35.6. The lowest BCUT2D eigenvalue weighted by molar-refractivity contribution is -0.572. The Labute approximate surface area is 310 Å². The average Bonchev–Trinajstić information content (AvgIpc) is 3.89. The van der Waals surface area contributed by atoms with Crippen molar-refractivity contribution in [1.29, 1.82) is 0 Å². The van der Waals surface area contributed by atoms with Crippen LogP contribution in [0.2, 0.25) is 0 Å². The molecule has 0 bridgehead atoms. The molecule has 54 heavy (non-hydrogen) atoms. The third kappa shape index (κ3) is 4.74. The molecule has 0 saturated heterocycles. The van der Waals surface area contributed by atoms with E-state index in [4.69, 9.17) is 9.72 Å². The molecule has 11 aromatic rings. The zero-order valence-corrected chi connectivity index (χ0v) is 29.0. The summed E-state index contributed by atoms with van der Waals surface area (Å²) < 4.78 is 15.4. The molecule has 6 heteroatoms. The van der Waals surface area contributed by atoms with E-state index in [0.29, 0.717) is 0 Å². The number of fused-ring (bicyclic) bond motifs is 7. The molecule has 7 aromatic carbocycles. The predicted octanol–water partition coefficient (Wildman–Crippen LogP) is 11.1. The van der Waals surface area contributed by atoms with E-state index in [9.17, 15) is 0 Å². The van der Waals surface area contributed by atoms with Crippen molar-refractivity contribution in [3.63, 3.8) is 0 Å². The second-order valence-electron chi connectivity index (χ2n) is 13.5. The second-order valence-corrected chi connectivity index (χ2v) is 13.5. The van der Waals surface area contributed by atoms with Crippen LogP contribution in [0, 0.1) is 6.33 Å². The van der Waals surface area contributed by atoms with Gasteiger partial charge >= 0.3 is 0 Å². The van der Waals surface area contributed by atoms with Crippen LogP contribution < -0.4 is 9.30 Å². The highest BCUT2D eigenvalue weighted by Crippen LogP contribution is 2.37. The second kappa shape index (κ2) is 12.1. The molecule has 0 saturated carbocycles. The van der Waals surface area contributed by atoms with Crippen LogP contribution in [-0.4, -0.2) is 18.7 Å². The molecule has 254 valence electrons. The van der Waals surface area contributed by atoms with E-state index in [0.717, 1.165) is 78.3 Å². The maximum atomic E-state index is 6.65. The monoisotopic (exact) mass is 693 g/mol. The van der Waals surface area contributed by atoms with E-state index in [1.807, 2.05) is 42.6 Å². The Morgan fingerprint density at radius 2 is 1.06 bits per heavy atom. The number of aromatic nitrogens is 5. The minimum absolute atomic E-state index is 0.735. The van der Waals surface area contributed by atoms with Gasteiger partial charge in [0.05, 0.1) is 50.2 Å². The minimum atomic E-state index is 0.735. The van der Waals surface area contributed by atoms with Gasteiger partial charge in [-0.05, 0) is 66.7 Å². The van der Waals surface area contributed by atoms with Gasteiger partial charge < -0.3 is 9.30 Å². The van der Waals surface area contributed by atoms with Crippen molar-refractivity contribution in [2.45, 2.75) is 0 Å². The lowest BCUT2D eigenvalue weighted by atomic mass is 10.1. The van der Waals surface area contributed by atoms with Gasteiger partial charge in [-0.25, -0.2) is 4.98 Å². The number of ether oxygens (including phenoxy) is 1. The van der Waals surface area contributed by atoms with E-state index in [2.05, 4.69) is 170 Å². The first-order chi connectivity index (χ1) is 26.8. The summed E-state index contributed by atoms with van der Waals surface area (Å²) in [7, 11) is 0. The first-order valence-corrected chi connectivity index (χ1v) is 18.1. The fraction of sp³-hybridized carbons (Fsp3) is 0. The largest absolute Gasteiger partial charge is 0.458 e. The number of nitrogens with zero attached hydrogens (tertiary/aromatic N) is 5. The van der Waals surface area contributed by atoms with Crippen molar-refractivity contribution >= 4 is 54.6 Å². The molecule has 0 spiro atoms. The molecule has 4 aromatic heterocycles. The Bertz CT molecular complexity index is 3150. The molecule has 0 aliphatic rings. The molecular weight excluding hydrogens is 663 g/mol. The zero-order valence-electron chi connectivity index (χ0n) is 29.0. The van der Waals surface area contributed by atoms with Gasteiger partial charge in [0.25, 0.3) is 6.33 Å². The van der Waals surface area contributed by atoms with E-state index in [-0.39, 0.29) is 0 Å². The molecule has 6 nitrogen and oxygen atoms in total. The lowest BCUT2D eigenvalue weighted by Gasteiger charge is -2.12. The highest BCUT2D eigenvalue weighted by atomic mass is 16.5. The van der Waals surface area contributed by atoms with Crippen LogP contribution in [0.25, 0.3) is 77.5 Å². The first kappa shape index (κ1) is 30.2. The quantitative estimate of drug-likeness (QED) is 0.128. The summed E-state index contributed by atoms with van der Waals surface area (Å²) in [6.45, 7) is 0. The van der Waals surface area contributed by atoms with Crippen molar-refractivity contribution in [1.82, 2.24) is 18.7 Å². The van der Waals surface area contributed by atoms with Gasteiger partial charge in [-0.15, -0.1) is 0 Å². The maximum Gasteiger partial charge on any atom is 0.269 e. The smallest absolute Gasteiger partial charge is 0.269 e. The van der Waals surface area contributed by atoms with Crippen LogP contribution in [0.4, 0.5) is 0 Å². The van der Waals surface area contributed by atoms with Crippen molar-refractivity contribution in [3.8, 4) is 34.4 Å². The first-order valence-electron chi connectivity index (χ1n) is 18.1. The van der Waals surface area contributed by atoms with Crippen molar-refractivity contribution in [2.24, 2.45) is 0 Å². The molecule has 0 amide bonds. The van der Waals surface area contributed by atoms with Gasteiger partial charge in [0.2, 0.25) is 0 Å². The minimum Gasteiger partial charge on any atom is -0.458 e. The summed E-state index contributed by atoms with van der Waals surface area (Å²) in [5.41, 5.74) is 9.62. The van der Waals surface area contributed by atoms with Crippen molar-refractivity contribution < 1.29 is 9.30 Å². The molecule has 0 fully saturated rings. The van der Waals surface area contributed by atoms with Gasteiger partial charge in [0.15, 0.2) is 0 Å². The number of para-hydroxylation sites is 6. The summed E-state index contributed by atoms with van der Waals surface area (Å²) in [6.07, 6.45) is 5.48. The average molecular weight is 694 g/mol. The fourth-order valence-corrected chi connectivity index (χ4v) is 7.97. The number of rotatable bonds is 6. The molecular formula is C48H31N5O. The van der Waals surface area contributed by atoms with Crippen LogP contribution in [-0.2, 0) is 0 Å². The van der Waals surface area contributed by atoms with Gasteiger partial charge in [-0.1, -0.05) is 103 Å². The fourth-order valence-electron chi connectivity index (χ4n) is 7.97. The molecule has 0 N–H and O–H groups in total. The van der Waals surface area contributed by atoms with E-state index in [1.54, 1.807) is 0 Å². The molecule has 0 aliphatic heterocycles. The SMILES string of the molecule is [c-]1n(-c2ccccc2)c2ccccc2[n+]1-c1cccc(Oc2ccc3c4ccccc4n(-c4cc(-n5c6ccccc6c6ccccc65)ccn4)c3c2)c1. The number of hydrogen-bond acceptors (Lipinski definition) is 2. The summed E-state index contributed by atoms with van der Waals surface area (Å²) in [5, 5.41) is 4.75. The highest BCUT2D eigenvalue weighted by Gasteiger charge is 2.18. The summed E-state index contributed by atoms with van der Waals surface area (Å²) in [6, 6.07) is 63.1. The Hall–Kier alpha value is -7.44. The van der Waals surface area contributed by atoms with Crippen LogP contribution in [0.15, 0.2) is 188 Å². The third-order valence-corrected chi connectivity index (χ3v) is 10.3. The van der Waals surface area contributed by atoms with E-state index >= 15 is 0 Å². The Morgan fingerprint density at radius 1 is 0.444 bits per heavy atom. The van der Waals surface area contributed by atoms with Crippen molar-refractivity contribution in [2.75, 3.05) is 0 Å². The van der Waals surface area contributed by atoms with Crippen molar-refractivity contribution in [3.05, 3.63) is 195 Å². The van der Waals surface area contributed by atoms with Crippen LogP contribution >= 0.6 is 0 Å². The number of imidazole rings is 1. The molecule has 0 unspecified atom stereocenters. The standard InChI is InChI=1S/C48H31N5O/c1-2-13-33(14-3-1)50-32-51(46-24-11-10-23-45(46)50)34-15-12-16-36(29-34)54-37-25-26-41-40-19-6-9-22-44(40)53(47(41)31-37)48-30-35(27-28-49-48)52-42-20-7-4-17-38(42)39-18-5-8-21-43(39)52/h1-31H. The molecule has 4 heterocycles. The van der Waals surface area contributed by atoms with Gasteiger partial charge in [0, 0.05) is 39.9 Å². The van der Waals surface area contributed by atoms with Gasteiger partial charge in [-0.3, -0.25) is 13.7 Å². The molecule has 0 aliphatic carbocycles. The van der Waals surface area contributed by atoms with Gasteiger partial charge in [-0.2, -0.15) is 0 Å². The van der Waals surface area contributed by atoms with E-state index < -0.39 is 0 Å². The lowest BCUT2D eigenvalue weighted by Crippen LogP contribution is -2.29. The van der Waals surface area contributed by atoms with Crippen LogP contribution in [0.1, 0.15) is 0 Å². The summed E-state index contributed by atoms with van der Waals surface area (Å²) >= 11 is 0. The highest BCUT2D eigenvalue weighted by molar-refractivity contribution is 6.10. The molecule has 11 rings (SSSR count). The Balaban J connectivity index is 1.02. The summed E-state index contributed by atoms with van der Waals surface area (Å²) in [4.78, 5) is 4.96. The number of benzene rings is 7. The molecule has 0 atom stereocenters. The van der Waals surface area contributed by atoms with E-state index in [1.165, 1.54) is 10.8 Å².